The van der Waals surface area contributed by atoms with Crippen LogP contribution in [0, 0.1) is 0 Å². The number of hydrogen-bond acceptors (Lipinski definition) is 5. The van der Waals surface area contributed by atoms with Gasteiger partial charge < -0.3 is 20.1 Å². The Morgan fingerprint density at radius 1 is 1.07 bits per heavy atom. The summed E-state index contributed by atoms with van der Waals surface area (Å²) >= 11 is 0. The van der Waals surface area contributed by atoms with Crippen molar-refractivity contribution in [3.8, 4) is 5.75 Å². The van der Waals surface area contributed by atoms with Gasteiger partial charge in [0.05, 0.1) is 6.61 Å². The van der Waals surface area contributed by atoms with Gasteiger partial charge in [-0.3, -0.25) is 9.59 Å². The molecular formula is C21H22N2O5. The predicted molar refractivity (Wildman–Crippen MR) is 106 cm³/mol. The average Bonchev–Trinajstić information content (AvgIpc) is 2.71. The maximum Gasteiger partial charge on any atom is 0.331 e. The van der Waals surface area contributed by atoms with Gasteiger partial charge in [0.1, 0.15) is 5.75 Å². The summed E-state index contributed by atoms with van der Waals surface area (Å²) in [4.78, 5) is 35.4. The zero-order chi connectivity index (χ0) is 20.4. The van der Waals surface area contributed by atoms with E-state index in [1.54, 1.807) is 36.4 Å². The molecule has 2 aromatic carbocycles. The minimum Gasteiger partial charge on any atom is -0.493 e. The van der Waals surface area contributed by atoms with Crippen LogP contribution < -0.4 is 15.4 Å². The zero-order valence-electron chi connectivity index (χ0n) is 15.7. The molecule has 2 N–H and O–H groups in total. The zero-order valence-corrected chi connectivity index (χ0v) is 15.7. The number of ether oxygens (including phenoxy) is 2. The molecule has 0 aromatic heterocycles. The lowest BCUT2D eigenvalue weighted by atomic mass is 10.2. The van der Waals surface area contributed by atoms with Crippen LogP contribution >= 0.6 is 0 Å². The van der Waals surface area contributed by atoms with E-state index >= 15 is 0 Å². The van der Waals surface area contributed by atoms with E-state index in [1.807, 2.05) is 19.1 Å². The third kappa shape index (κ3) is 6.28. The van der Waals surface area contributed by atoms with Crippen molar-refractivity contribution < 1.29 is 23.9 Å². The third-order valence-corrected chi connectivity index (χ3v) is 3.60. The number of amides is 2. The molecule has 0 aliphatic heterocycles. The van der Waals surface area contributed by atoms with Crippen LogP contribution in [-0.4, -0.2) is 38.0 Å². The first-order chi connectivity index (χ1) is 13.5. The van der Waals surface area contributed by atoms with Crippen LogP contribution in [0.2, 0.25) is 0 Å². The molecule has 2 rings (SSSR count). The van der Waals surface area contributed by atoms with E-state index in [0.29, 0.717) is 23.6 Å². The van der Waals surface area contributed by atoms with Crippen molar-refractivity contribution in [2.45, 2.75) is 6.92 Å². The van der Waals surface area contributed by atoms with Crippen molar-refractivity contribution in [2.75, 3.05) is 25.6 Å². The van der Waals surface area contributed by atoms with Crippen molar-refractivity contribution in [1.29, 1.82) is 0 Å². The largest absolute Gasteiger partial charge is 0.493 e. The number of para-hydroxylation sites is 1. The molecule has 0 fully saturated rings. The first-order valence-electron chi connectivity index (χ1n) is 8.72. The summed E-state index contributed by atoms with van der Waals surface area (Å²) in [6.07, 6.45) is 2.80. The molecule has 0 aliphatic rings. The molecule has 0 spiro atoms. The summed E-state index contributed by atoms with van der Waals surface area (Å²) in [6.45, 7) is 1.94. The molecule has 0 heterocycles. The monoisotopic (exact) mass is 382 g/mol. The topological polar surface area (TPSA) is 93.7 Å². The molecule has 0 unspecified atom stereocenters. The highest BCUT2D eigenvalue weighted by molar-refractivity contribution is 5.98. The van der Waals surface area contributed by atoms with Crippen LogP contribution in [-0.2, 0) is 14.3 Å². The summed E-state index contributed by atoms with van der Waals surface area (Å²) in [5.41, 5.74) is 1.58. The van der Waals surface area contributed by atoms with E-state index in [4.69, 9.17) is 9.47 Å². The van der Waals surface area contributed by atoms with Gasteiger partial charge >= 0.3 is 5.97 Å². The molecule has 0 radical (unpaired) electrons. The Hall–Kier alpha value is -3.61. The minimum atomic E-state index is -0.652. The molecule has 0 aliphatic carbocycles. The third-order valence-electron chi connectivity index (χ3n) is 3.60. The van der Waals surface area contributed by atoms with Crippen molar-refractivity contribution in [2.24, 2.45) is 0 Å². The minimum absolute atomic E-state index is 0.264. The Bertz CT molecular complexity index is 877. The highest BCUT2D eigenvalue weighted by Crippen LogP contribution is 2.19. The Balaban J connectivity index is 1.87. The number of carbonyl (C=O) groups is 3. The summed E-state index contributed by atoms with van der Waals surface area (Å²) in [6, 6.07) is 13.7. The van der Waals surface area contributed by atoms with Gasteiger partial charge in [0.25, 0.3) is 11.8 Å². The first-order valence-corrected chi connectivity index (χ1v) is 8.72. The lowest BCUT2D eigenvalue weighted by Crippen LogP contribution is -2.21. The number of nitrogens with one attached hydrogen (secondary N) is 2. The number of esters is 1. The van der Waals surface area contributed by atoms with Crippen molar-refractivity contribution >= 4 is 29.5 Å². The molecule has 0 bridgehead atoms. The Labute approximate surface area is 163 Å². The number of rotatable bonds is 8. The second-order valence-electron chi connectivity index (χ2n) is 5.62. The van der Waals surface area contributed by atoms with E-state index in [2.05, 4.69) is 10.6 Å². The number of carbonyl (C=O) groups excluding carboxylic acids is 3. The summed E-state index contributed by atoms with van der Waals surface area (Å²) in [5.74, 6) is -0.770. The van der Waals surface area contributed by atoms with Crippen LogP contribution in [0.4, 0.5) is 5.69 Å². The van der Waals surface area contributed by atoms with Crippen LogP contribution in [0.25, 0.3) is 6.08 Å². The molecule has 0 saturated heterocycles. The molecule has 2 amide bonds. The van der Waals surface area contributed by atoms with Crippen LogP contribution in [0.15, 0.2) is 54.6 Å². The van der Waals surface area contributed by atoms with Gasteiger partial charge in [0.15, 0.2) is 6.61 Å². The maximum atomic E-state index is 11.9. The second-order valence-corrected chi connectivity index (χ2v) is 5.62. The van der Waals surface area contributed by atoms with Gasteiger partial charge in [-0.2, -0.15) is 0 Å². The standard InChI is InChI=1S/C21H22N2O5/c1-3-27-18-10-5-4-7-15(18)11-12-20(25)28-14-19(24)23-17-9-6-8-16(13-17)21(26)22-2/h4-13H,3,14H2,1-2H3,(H,22,26)(H,23,24)/b12-11+. The maximum absolute atomic E-state index is 11.9. The van der Waals surface area contributed by atoms with Crippen LogP contribution in [0.1, 0.15) is 22.8 Å². The smallest absolute Gasteiger partial charge is 0.331 e. The van der Waals surface area contributed by atoms with E-state index in [9.17, 15) is 14.4 Å². The summed E-state index contributed by atoms with van der Waals surface area (Å²) in [5, 5.41) is 5.08. The Morgan fingerprint density at radius 3 is 2.61 bits per heavy atom. The number of benzene rings is 2. The fraction of sp³-hybridized carbons (Fsp3) is 0.190. The molecule has 0 atom stereocenters. The molecule has 0 saturated carbocycles. The van der Waals surface area contributed by atoms with Gasteiger partial charge in [0, 0.05) is 29.9 Å². The van der Waals surface area contributed by atoms with E-state index in [0.717, 1.165) is 5.56 Å². The Morgan fingerprint density at radius 2 is 1.86 bits per heavy atom. The van der Waals surface area contributed by atoms with Gasteiger partial charge in [-0.15, -0.1) is 0 Å². The lowest BCUT2D eigenvalue weighted by Gasteiger charge is -2.07. The van der Waals surface area contributed by atoms with E-state index in [1.165, 1.54) is 19.2 Å². The predicted octanol–water partition coefficient (Wildman–Crippen LogP) is 2.64. The molecule has 7 heteroatoms. The highest BCUT2D eigenvalue weighted by atomic mass is 16.5. The average molecular weight is 382 g/mol. The van der Waals surface area contributed by atoms with Crippen LogP contribution in [0.3, 0.4) is 0 Å². The lowest BCUT2D eigenvalue weighted by molar-refractivity contribution is -0.142. The molecule has 146 valence electrons. The summed E-state index contributed by atoms with van der Waals surface area (Å²) < 4.78 is 10.4. The fourth-order valence-corrected chi connectivity index (χ4v) is 2.33. The molecule has 7 nitrogen and oxygen atoms in total. The number of anilines is 1. The molecule has 2 aromatic rings. The molecular weight excluding hydrogens is 360 g/mol. The normalized spacial score (nSPS) is 10.4. The van der Waals surface area contributed by atoms with Crippen LogP contribution in [0.5, 0.6) is 5.75 Å². The van der Waals surface area contributed by atoms with Gasteiger partial charge in [-0.05, 0) is 37.3 Å². The highest BCUT2D eigenvalue weighted by Gasteiger charge is 2.08. The first kappa shape index (κ1) is 20.7. The van der Waals surface area contributed by atoms with Gasteiger partial charge in [0.2, 0.25) is 0 Å². The van der Waals surface area contributed by atoms with Gasteiger partial charge in [-0.25, -0.2) is 4.79 Å². The fourth-order valence-electron chi connectivity index (χ4n) is 2.33. The Kier molecular flexibility index (Phi) is 7.77. The number of hydrogen-bond donors (Lipinski definition) is 2. The SMILES string of the molecule is CCOc1ccccc1/C=C/C(=O)OCC(=O)Nc1cccc(C(=O)NC)c1. The quantitative estimate of drug-likeness (QED) is 0.541. The van der Waals surface area contributed by atoms with Crippen molar-refractivity contribution in [3.63, 3.8) is 0 Å². The van der Waals surface area contributed by atoms with E-state index < -0.39 is 18.5 Å². The van der Waals surface area contributed by atoms with Crippen molar-refractivity contribution in [1.82, 2.24) is 5.32 Å². The summed E-state index contributed by atoms with van der Waals surface area (Å²) in [7, 11) is 1.52. The molecule has 28 heavy (non-hydrogen) atoms. The van der Waals surface area contributed by atoms with Gasteiger partial charge in [-0.1, -0.05) is 24.3 Å². The van der Waals surface area contributed by atoms with Crippen molar-refractivity contribution in [3.05, 3.63) is 65.7 Å². The second kappa shape index (κ2) is 10.5. The van der Waals surface area contributed by atoms with E-state index in [-0.39, 0.29) is 5.91 Å².